The van der Waals surface area contributed by atoms with Crippen molar-refractivity contribution < 1.29 is 18.0 Å². The molecule has 1 aliphatic rings. The molecule has 10 heteroatoms. The van der Waals surface area contributed by atoms with Gasteiger partial charge >= 0.3 is 0 Å². The molecule has 0 bridgehead atoms. The second-order valence-electron chi connectivity index (χ2n) is 9.80. The molecule has 2 aromatic carbocycles. The van der Waals surface area contributed by atoms with Crippen molar-refractivity contribution in [1.29, 1.82) is 0 Å². The van der Waals surface area contributed by atoms with Crippen LogP contribution in [0, 0.1) is 0 Å². The summed E-state index contributed by atoms with van der Waals surface area (Å²) in [6, 6.07) is 13.4. The zero-order valence-electron chi connectivity index (χ0n) is 22.0. The van der Waals surface area contributed by atoms with E-state index >= 15 is 0 Å². The van der Waals surface area contributed by atoms with Crippen LogP contribution in [0.2, 0.25) is 10.0 Å². The highest BCUT2D eigenvalue weighted by Gasteiger charge is 2.30. The SMILES string of the molecule is CC[C@@H](C(=O)NC1CCCCC1)N(Cc1ccccc1Cl)C(=O)CCCN(c1cccc(Cl)c1)S(C)(=O)=O. The van der Waals surface area contributed by atoms with Crippen molar-refractivity contribution in [2.24, 2.45) is 0 Å². The Balaban J connectivity index is 1.76. The fourth-order valence-electron chi connectivity index (χ4n) is 4.91. The van der Waals surface area contributed by atoms with E-state index in [1.807, 2.05) is 25.1 Å². The molecule has 0 spiro atoms. The van der Waals surface area contributed by atoms with Gasteiger partial charge in [0.15, 0.2) is 0 Å². The summed E-state index contributed by atoms with van der Waals surface area (Å²) in [7, 11) is -3.59. The molecule has 1 atom stereocenters. The third-order valence-corrected chi connectivity index (χ3v) is 8.68. The van der Waals surface area contributed by atoms with Gasteiger partial charge in [-0.1, -0.05) is 73.7 Å². The number of rotatable bonds is 12. The van der Waals surface area contributed by atoms with Crippen molar-refractivity contribution in [3.63, 3.8) is 0 Å². The average molecular weight is 583 g/mol. The van der Waals surface area contributed by atoms with Gasteiger partial charge in [-0.05, 0) is 55.5 Å². The smallest absolute Gasteiger partial charge is 0.243 e. The van der Waals surface area contributed by atoms with Crippen molar-refractivity contribution in [2.45, 2.75) is 76.9 Å². The first-order chi connectivity index (χ1) is 18.1. The predicted octanol–water partition coefficient (Wildman–Crippen LogP) is 5.80. The van der Waals surface area contributed by atoms with E-state index in [1.165, 1.54) is 10.7 Å². The molecule has 0 heterocycles. The van der Waals surface area contributed by atoms with Gasteiger partial charge in [0.1, 0.15) is 6.04 Å². The Morgan fingerprint density at radius 1 is 1.05 bits per heavy atom. The third-order valence-electron chi connectivity index (χ3n) is 6.88. The molecular weight excluding hydrogens is 545 g/mol. The van der Waals surface area contributed by atoms with Crippen molar-refractivity contribution in [1.82, 2.24) is 10.2 Å². The lowest BCUT2D eigenvalue weighted by Gasteiger charge is -2.33. The fraction of sp³-hybridized carbons (Fsp3) is 0.500. The standard InChI is InChI=1S/C28H37Cl2N3O4S/c1-3-26(28(35)31-23-13-5-4-6-14-23)32(20-21-11-7-8-16-25(21)30)27(34)17-10-18-33(38(2,36)37)24-15-9-12-22(29)19-24/h7-9,11-12,15-16,19,23,26H,3-6,10,13-14,17-18,20H2,1-2H3,(H,31,35)/t26-/m0/s1. The molecule has 2 aromatic rings. The highest BCUT2D eigenvalue weighted by Crippen LogP contribution is 2.24. The number of hydrogen-bond acceptors (Lipinski definition) is 4. The first-order valence-corrected chi connectivity index (χ1v) is 15.8. The molecule has 0 radical (unpaired) electrons. The van der Waals surface area contributed by atoms with Crippen molar-refractivity contribution in [3.05, 3.63) is 64.1 Å². The van der Waals surface area contributed by atoms with Gasteiger partial charge in [-0.3, -0.25) is 13.9 Å². The van der Waals surface area contributed by atoms with Crippen LogP contribution in [0.5, 0.6) is 0 Å². The molecule has 0 saturated heterocycles. The van der Waals surface area contributed by atoms with Crippen LogP contribution in [0.25, 0.3) is 0 Å². The van der Waals surface area contributed by atoms with Gasteiger partial charge in [-0.2, -0.15) is 0 Å². The van der Waals surface area contributed by atoms with Gasteiger partial charge < -0.3 is 10.2 Å². The Kier molecular flexibility index (Phi) is 11.3. The Labute approximate surface area is 236 Å². The number of halogens is 2. The lowest BCUT2D eigenvalue weighted by atomic mass is 9.95. The molecule has 38 heavy (non-hydrogen) atoms. The number of sulfonamides is 1. The van der Waals surface area contributed by atoms with Crippen LogP contribution in [0.3, 0.4) is 0 Å². The van der Waals surface area contributed by atoms with Gasteiger partial charge in [-0.25, -0.2) is 8.42 Å². The molecule has 3 rings (SSSR count). The number of carbonyl (C=O) groups excluding carboxylic acids is 2. The molecule has 1 aliphatic carbocycles. The average Bonchev–Trinajstić information content (AvgIpc) is 2.87. The third kappa shape index (κ3) is 8.61. The molecule has 1 N–H and O–H groups in total. The molecule has 208 valence electrons. The lowest BCUT2D eigenvalue weighted by Crippen LogP contribution is -2.51. The summed E-state index contributed by atoms with van der Waals surface area (Å²) in [5.41, 5.74) is 1.20. The van der Waals surface area contributed by atoms with Crippen molar-refractivity contribution in [2.75, 3.05) is 17.1 Å². The monoisotopic (exact) mass is 581 g/mol. The number of carbonyl (C=O) groups is 2. The summed E-state index contributed by atoms with van der Waals surface area (Å²) >= 11 is 12.5. The zero-order valence-corrected chi connectivity index (χ0v) is 24.4. The summed E-state index contributed by atoms with van der Waals surface area (Å²) in [4.78, 5) is 28.5. The molecule has 2 amide bonds. The highest BCUT2D eigenvalue weighted by molar-refractivity contribution is 7.92. The van der Waals surface area contributed by atoms with E-state index in [9.17, 15) is 18.0 Å². The molecule has 1 saturated carbocycles. The molecule has 7 nitrogen and oxygen atoms in total. The maximum atomic E-state index is 13.6. The summed E-state index contributed by atoms with van der Waals surface area (Å²) in [6.45, 7) is 2.19. The Bertz CT molecular complexity index is 1200. The van der Waals surface area contributed by atoms with E-state index < -0.39 is 16.1 Å². The largest absolute Gasteiger partial charge is 0.352 e. The van der Waals surface area contributed by atoms with Gasteiger partial charge in [0.2, 0.25) is 21.8 Å². The van der Waals surface area contributed by atoms with Gasteiger partial charge in [0, 0.05) is 35.6 Å². The second-order valence-corrected chi connectivity index (χ2v) is 12.5. The summed E-state index contributed by atoms with van der Waals surface area (Å²) in [5.74, 6) is -0.383. The minimum Gasteiger partial charge on any atom is -0.352 e. The van der Waals surface area contributed by atoms with Gasteiger partial charge in [0.05, 0.1) is 11.9 Å². The van der Waals surface area contributed by atoms with Crippen LogP contribution in [0.1, 0.15) is 63.9 Å². The number of benzene rings is 2. The van der Waals surface area contributed by atoms with Gasteiger partial charge in [0.25, 0.3) is 0 Å². The molecular formula is C28H37Cl2N3O4S. The first-order valence-electron chi connectivity index (χ1n) is 13.2. The fourth-order valence-corrected chi connectivity index (χ4v) is 6.25. The van der Waals surface area contributed by atoms with E-state index in [0.29, 0.717) is 22.2 Å². The van der Waals surface area contributed by atoms with E-state index in [2.05, 4.69) is 5.32 Å². The van der Waals surface area contributed by atoms with Crippen LogP contribution >= 0.6 is 23.2 Å². The lowest BCUT2D eigenvalue weighted by molar-refractivity contribution is -0.141. The van der Waals surface area contributed by atoms with Crippen LogP contribution in [-0.2, 0) is 26.2 Å². The van der Waals surface area contributed by atoms with Crippen LogP contribution in [0.4, 0.5) is 5.69 Å². The Morgan fingerprint density at radius 3 is 2.39 bits per heavy atom. The minimum absolute atomic E-state index is 0.0737. The van der Waals surface area contributed by atoms with Crippen molar-refractivity contribution in [3.8, 4) is 0 Å². The topological polar surface area (TPSA) is 86.8 Å². The minimum atomic E-state index is -3.59. The number of anilines is 1. The zero-order chi connectivity index (χ0) is 27.7. The van der Waals surface area contributed by atoms with Gasteiger partial charge in [-0.15, -0.1) is 0 Å². The predicted molar refractivity (Wildman–Crippen MR) is 154 cm³/mol. The second kappa shape index (κ2) is 14.2. The van der Waals surface area contributed by atoms with E-state index in [4.69, 9.17) is 23.2 Å². The quantitative estimate of drug-likeness (QED) is 0.343. The number of hydrogen-bond donors (Lipinski definition) is 1. The molecule has 1 fully saturated rings. The Hall–Kier alpha value is -2.29. The molecule has 0 aliphatic heterocycles. The highest BCUT2D eigenvalue weighted by atomic mass is 35.5. The summed E-state index contributed by atoms with van der Waals surface area (Å²) < 4.78 is 26.2. The Morgan fingerprint density at radius 2 is 1.76 bits per heavy atom. The van der Waals surface area contributed by atoms with Crippen LogP contribution in [0.15, 0.2) is 48.5 Å². The van der Waals surface area contributed by atoms with Crippen molar-refractivity contribution >= 4 is 50.7 Å². The van der Waals surface area contributed by atoms with E-state index in [1.54, 1.807) is 35.2 Å². The number of nitrogens with zero attached hydrogens (tertiary/aromatic N) is 2. The summed E-state index contributed by atoms with van der Waals surface area (Å²) in [6.07, 6.45) is 7.19. The van der Waals surface area contributed by atoms with E-state index in [0.717, 1.165) is 37.5 Å². The maximum absolute atomic E-state index is 13.6. The molecule has 0 aromatic heterocycles. The number of amides is 2. The van der Waals surface area contributed by atoms with Crippen LogP contribution in [-0.4, -0.2) is 50.0 Å². The first kappa shape index (κ1) is 30.3. The van der Waals surface area contributed by atoms with E-state index in [-0.39, 0.29) is 43.8 Å². The maximum Gasteiger partial charge on any atom is 0.243 e. The normalized spacial score (nSPS) is 15.1. The molecule has 0 unspecified atom stereocenters. The summed E-state index contributed by atoms with van der Waals surface area (Å²) in [5, 5.41) is 4.11. The number of nitrogens with one attached hydrogen (secondary N) is 1. The van der Waals surface area contributed by atoms with Crippen LogP contribution < -0.4 is 9.62 Å².